The minimum Gasteiger partial charge on any atom is -0.493 e. The van der Waals surface area contributed by atoms with Crippen molar-refractivity contribution >= 4 is 17.7 Å². The molecule has 2 heterocycles. The van der Waals surface area contributed by atoms with Gasteiger partial charge in [-0.15, -0.1) is 10.2 Å². The lowest BCUT2D eigenvalue weighted by molar-refractivity contribution is -0.130. The van der Waals surface area contributed by atoms with Crippen LogP contribution >= 0.6 is 11.8 Å². The Labute approximate surface area is 174 Å². The van der Waals surface area contributed by atoms with E-state index in [0.717, 1.165) is 13.1 Å². The molecule has 8 nitrogen and oxygen atoms in total. The lowest BCUT2D eigenvalue weighted by atomic mass is 9.92. The second-order valence-electron chi connectivity index (χ2n) is 7.32. The zero-order chi connectivity index (χ0) is 21.0. The topological polar surface area (TPSA) is 86.9 Å². The quantitative estimate of drug-likeness (QED) is 0.629. The van der Waals surface area contributed by atoms with Crippen LogP contribution in [0.5, 0.6) is 17.2 Å². The van der Waals surface area contributed by atoms with Crippen molar-refractivity contribution in [3.05, 3.63) is 12.1 Å². The average Bonchev–Trinajstić information content (AvgIpc) is 3.19. The van der Waals surface area contributed by atoms with E-state index in [2.05, 4.69) is 24.0 Å². The predicted octanol–water partition coefficient (Wildman–Crippen LogP) is 3.36. The summed E-state index contributed by atoms with van der Waals surface area (Å²) < 4.78 is 21.8. The number of thioether (sulfide) groups is 1. The van der Waals surface area contributed by atoms with Crippen molar-refractivity contribution in [2.24, 2.45) is 11.8 Å². The number of aromatic nitrogens is 2. The second kappa shape index (κ2) is 9.39. The van der Waals surface area contributed by atoms with Crippen LogP contribution in [-0.2, 0) is 4.79 Å². The largest absolute Gasteiger partial charge is 0.493 e. The van der Waals surface area contributed by atoms with Gasteiger partial charge in [-0.2, -0.15) is 0 Å². The van der Waals surface area contributed by atoms with Gasteiger partial charge in [-0.05, 0) is 30.4 Å². The Morgan fingerprint density at radius 2 is 1.72 bits per heavy atom. The SMILES string of the molecule is COc1cc(-c2nnc(SCC(=O)N3CC(C)CC(C)C3)o2)cc(OC)c1OC. The Morgan fingerprint density at radius 3 is 2.28 bits per heavy atom. The molecule has 29 heavy (non-hydrogen) atoms. The normalized spacial score (nSPS) is 19.1. The van der Waals surface area contributed by atoms with E-state index in [1.165, 1.54) is 18.2 Å². The van der Waals surface area contributed by atoms with Crippen LogP contribution < -0.4 is 14.2 Å². The Bertz CT molecular complexity index is 821. The van der Waals surface area contributed by atoms with E-state index in [1.807, 2.05) is 4.90 Å². The molecule has 1 saturated heterocycles. The molecule has 1 aromatic heterocycles. The molecule has 1 aliphatic rings. The summed E-state index contributed by atoms with van der Waals surface area (Å²) in [7, 11) is 4.64. The van der Waals surface area contributed by atoms with Crippen LogP contribution in [0.3, 0.4) is 0 Å². The fourth-order valence-electron chi connectivity index (χ4n) is 3.67. The summed E-state index contributed by atoms with van der Waals surface area (Å²) in [6.45, 7) is 5.99. The molecule has 1 aliphatic heterocycles. The van der Waals surface area contributed by atoms with Gasteiger partial charge in [0.05, 0.1) is 27.1 Å². The number of ether oxygens (including phenoxy) is 3. The summed E-state index contributed by atoms with van der Waals surface area (Å²) in [5.74, 6) is 3.24. The number of likely N-dealkylation sites (tertiary alicyclic amines) is 1. The van der Waals surface area contributed by atoms with Crippen LogP contribution in [0.4, 0.5) is 0 Å². The highest BCUT2D eigenvalue weighted by Gasteiger charge is 2.26. The molecule has 2 aromatic rings. The second-order valence-corrected chi connectivity index (χ2v) is 8.25. The summed E-state index contributed by atoms with van der Waals surface area (Å²) in [6, 6.07) is 3.48. The summed E-state index contributed by atoms with van der Waals surface area (Å²) in [6.07, 6.45) is 1.17. The maximum Gasteiger partial charge on any atom is 0.277 e. The van der Waals surface area contributed by atoms with Crippen LogP contribution in [-0.4, -0.2) is 61.2 Å². The molecule has 0 bridgehead atoms. The third-order valence-electron chi connectivity index (χ3n) is 4.86. The summed E-state index contributed by atoms with van der Waals surface area (Å²) in [5.41, 5.74) is 0.642. The summed E-state index contributed by atoms with van der Waals surface area (Å²) >= 11 is 1.25. The maximum absolute atomic E-state index is 12.5. The monoisotopic (exact) mass is 421 g/mol. The van der Waals surface area contributed by atoms with Crippen LogP contribution in [0, 0.1) is 11.8 Å². The van der Waals surface area contributed by atoms with Crippen molar-refractivity contribution < 1.29 is 23.4 Å². The maximum atomic E-state index is 12.5. The first-order chi connectivity index (χ1) is 13.9. The van der Waals surface area contributed by atoms with Crippen LogP contribution in [0.1, 0.15) is 20.3 Å². The lowest BCUT2D eigenvalue weighted by Crippen LogP contribution is -2.43. The number of carbonyl (C=O) groups excluding carboxylic acids is 1. The van der Waals surface area contributed by atoms with Gasteiger partial charge in [0.15, 0.2) is 11.5 Å². The number of methoxy groups -OCH3 is 3. The first-order valence-corrected chi connectivity index (χ1v) is 10.5. The first-order valence-electron chi connectivity index (χ1n) is 9.49. The van der Waals surface area contributed by atoms with Gasteiger partial charge in [0, 0.05) is 18.7 Å². The molecule has 0 aliphatic carbocycles. The van der Waals surface area contributed by atoms with E-state index in [1.54, 1.807) is 33.5 Å². The molecule has 9 heteroatoms. The first kappa shape index (κ1) is 21.3. The van der Waals surface area contributed by atoms with Crippen molar-refractivity contribution in [3.63, 3.8) is 0 Å². The Kier molecular flexibility index (Phi) is 6.89. The molecule has 0 saturated carbocycles. The van der Waals surface area contributed by atoms with E-state index < -0.39 is 0 Å². The highest BCUT2D eigenvalue weighted by atomic mass is 32.2. The molecule has 2 atom stereocenters. The third-order valence-corrected chi connectivity index (χ3v) is 5.66. The molecule has 0 N–H and O–H groups in total. The van der Waals surface area contributed by atoms with E-state index in [0.29, 0.717) is 45.8 Å². The fraction of sp³-hybridized carbons (Fsp3) is 0.550. The highest BCUT2D eigenvalue weighted by molar-refractivity contribution is 7.99. The molecule has 1 fully saturated rings. The van der Waals surface area contributed by atoms with Crippen LogP contribution in [0.15, 0.2) is 21.8 Å². The van der Waals surface area contributed by atoms with Gasteiger partial charge < -0.3 is 23.5 Å². The Balaban J connectivity index is 1.69. The van der Waals surface area contributed by atoms with E-state index >= 15 is 0 Å². The van der Waals surface area contributed by atoms with Crippen molar-refractivity contribution in [3.8, 4) is 28.7 Å². The Morgan fingerprint density at radius 1 is 1.10 bits per heavy atom. The van der Waals surface area contributed by atoms with E-state index in [4.69, 9.17) is 18.6 Å². The third kappa shape index (κ3) is 4.95. The number of carbonyl (C=O) groups is 1. The number of rotatable bonds is 7. The summed E-state index contributed by atoms with van der Waals surface area (Å²) in [5, 5.41) is 8.50. The molecule has 1 aromatic carbocycles. The van der Waals surface area contributed by atoms with Gasteiger partial charge in [0.25, 0.3) is 5.22 Å². The van der Waals surface area contributed by atoms with Gasteiger partial charge in [-0.25, -0.2) is 0 Å². The Hall–Kier alpha value is -2.42. The molecular formula is C20H27N3O5S. The van der Waals surface area contributed by atoms with Crippen LogP contribution in [0.25, 0.3) is 11.5 Å². The number of benzene rings is 1. The molecule has 1 amide bonds. The number of hydrogen-bond donors (Lipinski definition) is 0. The van der Waals surface area contributed by atoms with Gasteiger partial charge in [-0.1, -0.05) is 25.6 Å². The minimum atomic E-state index is 0.0981. The zero-order valence-corrected chi connectivity index (χ0v) is 18.2. The molecule has 0 radical (unpaired) electrons. The van der Waals surface area contributed by atoms with Gasteiger partial charge in [0.1, 0.15) is 0 Å². The number of nitrogens with zero attached hydrogens (tertiary/aromatic N) is 3. The smallest absolute Gasteiger partial charge is 0.277 e. The lowest BCUT2D eigenvalue weighted by Gasteiger charge is -2.34. The molecule has 2 unspecified atom stereocenters. The number of piperidine rings is 1. The van der Waals surface area contributed by atoms with Crippen molar-refractivity contribution in [2.45, 2.75) is 25.5 Å². The molecular weight excluding hydrogens is 394 g/mol. The van der Waals surface area contributed by atoms with Crippen molar-refractivity contribution in [1.29, 1.82) is 0 Å². The standard InChI is InChI=1S/C20H27N3O5S/c1-12-6-13(2)10-23(9-12)17(24)11-29-20-22-21-19(28-20)14-7-15(25-3)18(27-5)16(8-14)26-4/h7-8,12-13H,6,9-11H2,1-5H3. The highest BCUT2D eigenvalue weighted by Crippen LogP contribution is 2.41. The summed E-state index contributed by atoms with van der Waals surface area (Å²) in [4.78, 5) is 14.5. The minimum absolute atomic E-state index is 0.0981. The fourth-order valence-corrected chi connectivity index (χ4v) is 4.34. The molecule has 0 spiro atoms. The molecule has 158 valence electrons. The molecule has 3 rings (SSSR count). The van der Waals surface area contributed by atoms with E-state index in [-0.39, 0.29) is 11.7 Å². The number of amides is 1. The van der Waals surface area contributed by atoms with Gasteiger partial charge in [0.2, 0.25) is 17.5 Å². The average molecular weight is 422 g/mol. The van der Waals surface area contributed by atoms with E-state index in [9.17, 15) is 4.79 Å². The zero-order valence-electron chi connectivity index (χ0n) is 17.4. The van der Waals surface area contributed by atoms with Crippen molar-refractivity contribution in [2.75, 3.05) is 40.2 Å². The van der Waals surface area contributed by atoms with Gasteiger partial charge in [-0.3, -0.25) is 4.79 Å². The number of hydrogen-bond acceptors (Lipinski definition) is 8. The van der Waals surface area contributed by atoms with Gasteiger partial charge >= 0.3 is 0 Å². The predicted molar refractivity (Wildman–Crippen MR) is 110 cm³/mol. The van der Waals surface area contributed by atoms with Crippen molar-refractivity contribution in [1.82, 2.24) is 15.1 Å². The van der Waals surface area contributed by atoms with Crippen LogP contribution in [0.2, 0.25) is 0 Å².